The lowest BCUT2D eigenvalue weighted by atomic mass is 10.2. The quantitative estimate of drug-likeness (QED) is 0.619. The van der Waals surface area contributed by atoms with Gasteiger partial charge in [-0.05, 0) is 26.3 Å². The number of hydrogen-bond donors (Lipinski definition) is 1. The van der Waals surface area contributed by atoms with Gasteiger partial charge in [-0.3, -0.25) is 4.90 Å². The molecule has 2 nitrogen and oxygen atoms in total. The molecule has 0 saturated carbocycles. The molecule has 1 aliphatic heterocycles. The summed E-state index contributed by atoms with van der Waals surface area (Å²) in [5.74, 6) is 0. The second-order valence-electron chi connectivity index (χ2n) is 3.23. The smallest absolute Gasteiger partial charge is 0.0682 e. The van der Waals surface area contributed by atoms with Crippen LogP contribution in [0.3, 0.4) is 0 Å². The van der Waals surface area contributed by atoms with Gasteiger partial charge in [0, 0.05) is 12.6 Å². The van der Waals surface area contributed by atoms with Gasteiger partial charge in [-0.25, -0.2) is 0 Å². The summed E-state index contributed by atoms with van der Waals surface area (Å²) in [6, 6.07) is 0.593. The van der Waals surface area contributed by atoms with Crippen LogP contribution in [0.2, 0.25) is 0 Å². The molecule has 0 unspecified atom stereocenters. The maximum Gasteiger partial charge on any atom is 0.0682 e. The summed E-state index contributed by atoms with van der Waals surface area (Å²) in [6.45, 7) is 6.39. The van der Waals surface area contributed by atoms with Gasteiger partial charge in [0.2, 0.25) is 0 Å². The monoisotopic (exact) mass is 143 g/mol. The number of β-amino-alcohol motifs (C(OH)–C–C–N with tert-alkyl or cyclic N) is 1. The molecule has 0 amide bonds. The van der Waals surface area contributed by atoms with E-state index in [4.69, 9.17) is 0 Å². The maximum absolute atomic E-state index is 9.25. The van der Waals surface area contributed by atoms with Crippen LogP contribution in [-0.2, 0) is 0 Å². The molecule has 0 radical (unpaired) electrons. The largest absolute Gasteiger partial charge is 0.392 e. The maximum atomic E-state index is 9.25. The van der Waals surface area contributed by atoms with Crippen LogP contribution in [0.25, 0.3) is 0 Å². The third-order valence-electron chi connectivity index (χ3n) is 2.19. The van der Waals surface area contributed by atoms with E-state index in [1.54, 1.807) is 0 Å². The highest BCUT2D eigenvalue weighted by Gasteiger charge is 2.25. The van der Waals surface area contributed by atoms with Gasteiger partial charge in [-0.15, -0.1) is 0 Å². The summed E-state index contributed by atoms with van der Waals surface area (Å²) >= 11 is 0. The zero-order valence-corrected chi connectivity index (χ0v) is 6.88. The Morgan fingerprint density at radius 3 is 2.70 bits per heavy atom. The van der Waals surface area contributed by atoms with Gasteiger partial charge in [0.05, 0.1) is 6.10 Å². The number of likely N-dealkylation sites (tertiary alicyclic amines) is 1. The Morgan fingerprint density at radius 2 is 2.30 bits per heavy atom. The first-order valence-electron chi connectivity index (χ1n) is 4.16. The van der Waals surface area contributed by atoms with Crippen molar-refractivity contribution in [2.75, 3.05) is 13.1 Å². The minimum Gasteiger partial charge on any atom is -0.392 e. The molecule has 10 heavy (non-hydrogen) atoms. The summed E-state index contributed by atoms with van der Waals surface area (Å²) in [4.78, 5) is 2.35. The first-order chi connectivity index (χ1) is 4.74. The summed E-state index contributed by atoms with van der Waals surface area (Å²) in [7, 11) is 0. The minimum atomic E-state index is -0.0680. The molecule has 0 spiro atoms. The third-order valence-corrected chi connectivity index (χ3v) is 2.19. The third kappa shape index (κ3) is 1.70. The Hall–Kier alpha value is -0.0800. The summed E-state index contributed by atoms with van der Waals surface area (Å²) in [6.07, 6.45) is 2.08. The van der Waals surface area contributed by atoms with E-state index in [1.165, 1.54) is 6.42 Å². The van der Waals surface area contributed by atoms with Gasteiger partial charge >= 0.3 is 0 Å². The summed E-state index contributed by atoms with van der Waals surface area (Å²) in [5, 5.41) is 9.25. The van der Waals surface area contributed by atoms with Gasteiger partial charge in [0.15, 0.2) is 0 Å². The highest BCUT2D eigenvalue weighted by Crippen LogP contribution is 2.16. The lowest BCUT2D eigenvalue weighted by Crippen LogP contribution is -2.28. The van der Waals surface area contributed by atoms with E-state index >= 15 is 0 Å². The molecule has 1 aliphatic rings. The highest BCUT2D eigenvalue weighted by molar-refractivity contribution is 4.81. The predicted molar refractivity (Wildman–Crippen MR) is 41.9 cm³/mol. The Labute approximate surface area is 62.8 Å². The van der Waals surface area contributed by atoms with Crippen LogP contribution in [0.1, 0.15) is 26.7 Å². The van der Waals surface area contributed by atoms with Crippen LogP contribution in [0.5, 0.6) is 0 Å². The molecule has 0 aromatic rings. The van der Waals surface area contributed by atoms with Gasteiger partial charge in [0.1, 0.15) is 0 Å². The van der Waals surface area contributed by atoms with E-state index in [0.29, 0.717) is 6.04 Å². The van der Waals surface area contributed by atoms with Gasteiger partial charge < -0.3 is 5.11 Å². The molecule has 1 fully saturated rings. The molecule has 0 aliphatic carbocycles. The number of nitrogens with zero attached hydrogens (tertiary/aromatic N) is 1. The normalized spacial score (nSPS) is 35.1. The first kappa shape index (κ1) is 8.02. The van der Waals surface area contributed by atoms with Crippen molar-refractivity contribution in [3.8, 4) is 0 Å². The van der Waals surface area contributed by atoms with Crippen LogP contribution in [0.4, 0.5) is 0 Å². The summed E-state index contributed by atoms with van der Waals surface area (Å²) in [5.41, 5.74) is 0. The van der Waals surface area contributed by atoms with E-state index in [2.05, 4.69) is 18.7 Å². The van der Waals surface area contributed by atoms with E-state index in [9.17, 15) is 5.11 Å². The van der Waals surface area contributed by atoms with Crippen molar-refractivity contribution in [2.24, 2.45) is 0 Å². The molecule has 2 heteroatoms. The van der Waals surface area contributed by atoms with Crippen LogP contribution >= 0.6 is 0 Å². The van der Waals surface area contributed by atoms with Crippen LogP contribution in [-0.4, -0.2) is 35.2 Å². The van der Waals surface area contributed by atoms with Crippen molar-refractivity contribution in [1.29, 1.82) is 0 Å². The zero-order chi connectivity index (χ0) is 7.56. The fourth-order valence-corrected chi connectivity index (χ4v) is 1.67. The molecule has 1 saturated heterocycles. The molecule has 1 rings (SSSR count). The van der Waals surface area contributed by atoms with Crippen molar-refractivity contribution in [1.82, 2.24) is 4.90 Å². The minimum absolute atomic E-state index is 0.0680. The van der Waals surface area contributed by atoms with Gasteiger partial charge in [-0.2, -0.15) is 0 Å². The van der Waals surface area contributed by atoms with E-state index in [-0.39, 0.29) is 6.10 Å². The standard InChI is InChI=1S/C8H17NO/c1-3-4-9-6-8(10)5-7(9)2/h7-8,10H,3-6H2,1-2H3/t7-,8-/m1/s1. The average molecular weight is 143 g/mol. The molecule has 0 aromatic heterocycles. The molecule has 60 valence electrons. The van der Waals surface area contributed by atoms with Crippen molar-refractivity contribution in [3.05, 3.63) is 0 Å². The van der Waals surface area contributed by atoms with Gasteiger partial charge in [-0.1, -0.05) is 6.92 Å². The van der Waals surface area contributed by atoms with Gasteiger partial charge in [0.25, 0.3) is 0 Å². The number of rotatable bonds is 2. The molecule has 1 N–H and O–H groups in total. The SMILES string of the molecule is CCCN1C[C@H](O)C[C@H]1C. The predicted octanol–water partition coefficient (Wildman–Crippen LogP) is 0.852. The first-order valence-corrected chi connectivity index (χ1v) is 4.16. The van der Waals surface area contributed by atoms with E-state index < -0.39 is 0 Å². The average Bonchev–Trinajstić information content (AvgIpc) is 2.13. The fraction of sp³-hybridized carbons (Fsp3) is 1.00. The molecular weight excluding hydrogens is 126 g/mol. The van der Waals surface area contributed by atoms with Crippen molar-refractivity contribution < 1.29 is 5.11 Å². The highest BCUT2D eigenvalue weighted by atomic mass is 16.3. The van der Waals surface area contributed by atoms with Crippen LogP contribution in [0.15, 0.2) is 0 Å². The number of hydrogen-bond acceptors (Lipinski definition) is 2. The molecule has 2 atom stereocenters. The Kier molecular flexibility index (Phi) is 2.69. The lowest BCUT2D eigenvalue weighted by molar-refractivity contribution is 0.175. The molecule has 0 aromatic carbocycles. The van der Waals surface area contributed by atoms with Crippen molar-refractivity contribution >= 4 is 0 Å². The van der Waals surface area contributed by atoms with Crippen LogP contribution in [0, 0.1) is 0 Å². The van der Waals surface area contributed by atoms with Crippen molar-refractivity contribution in [3.63, 3.8) is 0 Å². The summed E-state index contributed by atoms with van der Waals surface area (Å²) < 4.78 is 0. The Bertz CT molecular complexity index is 105. The fourth-order valence-electron chi connectivity index (χ4n) is 1.67. The molecule has 0 bridgehead atoms. The van der Waals surface area contributed by atoms with Crippen molar-refractivity contribution in [2.45, 2.75) is 38.8 Å². The topological polar surface area (TPSA) is 23.5 Å². The molecular formula is C8H17NO. The number of aliphatic hydroxyl groups excluding tert-OH is 1. The Balaban J connectivity index is 2.31. The van der Waals surface area contributed by atoms with E-state index in [1.807, 2.05) is 0 Å². The Morgan fingerprint density at radius 1 is 1.60 bits per heavy atom. The molecule has 1 heterocycles. The zero-order valence-electron chi connectivity index (χ0n) is 6.88. The second kappa shape index (κ2) is 3.35. The van der Waals surface area contributed by atoms with E-state index in [0.717, 1.165) is 19.5 Å². The lowest BCUT2D eigenvalue weighted by Gasteiger charge is -2.18. The number of aliphatic hydroxyl groups is 1. The van der Waals surface area contributed by atoms with Crippen LogP contribution < -0.4 is 0 Å². The second-order valence-corrected chi connectivity index (χ2v) is 3.23.